The van der Waals surface area contributed by atoms with Crippen molar-refractivity contribution in [2.45, 2.75) is 20.0 Å². The third-order valence-electron chi connectivity index (χ3n) is 6.71. The van der Waals surface area contributed by atoms with E-state index >= 15 is 0 Å². The van der Waals surface area contributed by atoms with Crippen molar-refractivity contribution in [1.29, 1.82) is 5.26 Å². The molecule has 0 radical (unpaired) electrons. The largest absolute Gasteiger partial charge is 0.488 e. The molecule has 0 atom stereocenters. The van der Waals surface area contributed by atoms with E-state index in [1.54, 1.807) is 0 Å². The van der Waals surface area contributed by atoms with Crippen LogP contribution in [0, 0.1) is 11.3 Å². The van der Waals surface area contributed by atoms with E-state index < -0.39 is 0 Å². The highest BCUT2D eigenvalue weighted by Crippen LogP contribution is 2.43. The molecule has 0 N–H and O–H groups in total. The lowest BCUT2D eigenvalue weighted by Crippen LogP contribution is -2.49. The predicted octanol–water partition coefficient (Wildman–Crippen LogP) is 3.63. The first kappa shape index (κ1) is 22.2. The molecule has 0 aromatic heterocycles. The number of hydrogen-bond acceptors (Lipinski definition) is 5. The van der Waals surface area contributed by atoms with Gasteiger partial charge in [0.2, 0.25) is 0 Å². The SMILES string of the molecule is CC(=Nc1ccc2c(c1C#N)-c1ccccc1CO2)N1CCCN(C(=O)N2CCOCC2)CC1. The molecule has 3 aliphatic heterocycles. The second-order valence-corrected chi connectivity index (χ2v) is 8.76. The Morgan fingerprint density at radius 3 is 2.53 bits per heavy atom. The molecule has 5 rings (SSSR count). The Balaban J connectivity index is 1.35. The van der Waals surface area contributed by atoms with Crippen LogP contribution in [0.4, 0.5) is 10.5 Å². The standard InChI is InChI=1S/C26H29N5O3/c1-19(29-9-4-10-30(12-11-29)26(32)31-13-15-33-16-14-31)28-23-7-8-24-25(22(23)17-27)21-6-3-2-5-20(21)18-34-24/h2-3,5-8H,4,9-16,18H2,1H3. The summed E-state index contributed by atoms with van der Waals surface area (Å²) in [6.45, 7) is 7.92. The summed E-state index contributed by atoms with van der Waals surface area (Å²) in [7, 11) is 0. The maximum atomic E-state index is 12.9. The molecular formula is C26H29N5O3. The van der Waals surface area contributed by atoms with Gasteiger partial charge >= 0.3 is 6.03 Å². The van der Waals surface area contributed by atoms with Gasteiger partial charge in [-0.1, -0.05) is 24.3 Å². The van der Waals surface area contributed by atoms with Crippen molar-refractivity contribution in [2.24, 2.45) is 4.99 Å². The van der Waals surface area contributed by atoms with Gasteiger partial charge in [0, 0.05) is 44.8 Å². The normalized spacial score (nSPS) is 18.4. The number of carbonyl (C=O) groups is 1. The van der Waals surface area contributed by atoms with Crippen LogP contribution in [0.25, 0.3) is 11.1 Å². The van der Waals surface area contributed by atoms with Gasteiger partial charge in [-0.3, -0.25) is 0 Å². The topological polar surface area (TPSA) is 81.4 Å². The summed E-state index contributed by atoms with van der Waals surface area (Å²) in [4.78, 5) is 23.8. The van der Waals surface area contributed by atoms with Crippen molar-refractivity contribution in [3.63, 3.8) is 0 Å². The van der Waals surface area contributed by atoms with Crippen LogP contribution >= 0.6 is 0 Å². The van der Waals surface area contributed by atoms with Gasteiger partial charge in [0.25, 0.3) is 0 Å². The first-order valence-corrected chi connectivity index (χ1v) is 11.9. The number of fused-ring (bicyclic) bond motifs is 3. The summed E-state index contributed by atoms with van der Waals surface area (Å²) in [6.07, 6.45) is 0.874. The zero-order valence-electron chi connectivity index (χ0n) is 19.5. The van der Waals surface area contributed by atoms with Gasteiger partial charge in [0.05, 0.1) is 24.5 Å². The van der Waals surface area contributed by atoms with E-state index in [1.807, 2.05) is 53.1 Å². The van der Waals surface area contributed by atoms with Crippen LogP contribution in [-0.2, 0) is 11.3 Å². The fourth-order valence-electron chi connectivity index (χ4n) is 4.84. The Hall–Kier alpha value is -3.57. The van der Waals surface area contributed by atoms with E-state index in [9.17, 15) is 10.1 Å². The number of rotatable bonds is 1. The Morgan fingerprint density at radius 2 is 1.71 bits per heavy atom. The summed E-state index contributed by atoms with van der Waals surface area (Å²) in [5.74, 6) is 1.57. The van der Waals surface area contributed by atoms with Crippen LogP contribution < -0.4 is 4.74 Å². The number of aliphatic imine (C=N–C) groups is 1. The van der Waals surface area contributed by atoms with Crippen molar-refractivity contribution in [3.05, 3.63) is 47.5 Å². The van der Waals surface area contributed by atoms with E-state index in [0.29, 0.717) is 57.3 Å². The number of amides is 2. The molecule has 0 spiro atoms. The van der Waals surface area contributed by atoms with Crippen molar-refractivity contribution in [1.82, 2.24) is 14.7 Å². The van der Waals surface area contributed by atoms with Gasteiger partial charge in [0.1, 0.15) is 24.3 Å². The second-order valence-electron chi connectivity index (χ2n) is 8.76. The molecule has 2 saturated heterocycles. The molecule has 2 amide bonds. The summed E-state index contributed by atoms with van der Waals surface area (Å²) in [6, 6.07) is 14.3. The molecule has 0 bridgehead atoms. The number of nitrogens with zero attached hydrogens (tertiary/aromatic N) is 5. The van der Waals surface area contributed by atoms with Gasteiger partial charge in [-0.15, -0.1) is 0 Å². The van der Waals surface area contributed by atoms with Crippen LogP contribution in [0.5, 0.6) is 5.75 Å². The van der Waals surface area contributed by atoms with Crippen molar-refractivity contribution in [2.75, 3.05) is 52.5 Å². The molecule has 8 nitrogen and oxygen atoms in total. The molecule has 2 aromatic carbocycles. The third kappa shape index (κ3) is 4.31. The minimum Gasteiger partial charge on any atom is -0.488 e. The number of carbonyl (C=O) groups excluding carboxylic acids is 1. The lowest BCUT2D eigenvalue weighted by Gasteiger charge is -2.32. The van der Waals surface area contributed by atoms with E-state index in [2.05, 4.69) is 11.0 Å². The monoisotopic (exact) mass is 459 g/mol. The van der Waals surface area contributed by atoms with Gasteiger partial charge in [-0.05, 0) is 36.6 Å². The minimum atomic E-state index is 0.0971. The molecular weight excluding hydrogens is 430 g/mol. The summed E-state index contributed by atoms with van der Waals surface area (Å²) >= 11 is 0. The highest BCUT2D eigenvalue weighted by molar-refractivity contribution is 5.88. The highest BCUT2D eigenvalue weighted by atomic mass is 16.5. The van der Waals surface area contributed by atoms with Gasteiger partial charge in [0.15, 0.2) is 0 Å². The summed E-state index contributed by atoms with van der Waals surface area (Å²) in [5, 5.41) is 10.0. The number of benzene rings is 2. The number of ether oxygens (including phenoxy) is 2. The lowest BCUT2D eigenvalue weighted by molar-refractivity contribution is 0.0437. The van der Waals surface area contributed by atoms with Crippen LogP contribution in [0.3, 0.4) is 0 Å². The predicted molar refractivity (Wildman–Crippen MR) is 129 cm³/mol. The van der Waals surface area contributed by atoms with Gasteiger partial charge in [-0.2, -0.15) is 5.26 Å². The highest BCUT2D eigenvalue weighted by Gasteiger charge is 2.26. The van der Waals surface area contributed by atoms with Gasteiger partial charge < -0.3 is 24.2 Å². The molecule has 34 heavy (non-hydrogen) atoms. The molecule has 8 heteroatoms. The van der Waals surface area contributed by atoms with E-state index in [4.69, 9.17) is 14.5 Å². The maximum absolute atomic E-state index is 12.9. The summed E-state index contributed by atoms with van der Waals surface area (Å²) < 4.78 is 11.3. The molecule has 3 heterocycles. The maximum Gasteiger partial charge on any atom is 0.320 e. The fourth-order valence-corrected chi connectivity index (χ4v) is 4.84. The Bertz CT molecular complexity index is 1150. The van der Waals surface area contributed by atoms with Crippen LogP contribution in [0.2, 0.25) is 0 Å². The number of urea groups is 1. The van der Waals surface area contributed by atoms with Gasteiger partial charge in [-0.25, -0.2) is 9.79 Å². The lowest BCUT2D eigenvalue weighted by atomic mass is 9.92. The number of morpholine rings is 1. The molecule has 2 fully saturated rings. The van der Waals surface area contributed by atoms with Crippen molar-refractivity contribution < 1.29 is 14.3 Å². The Kier molecular flexibility index (Phi) is 6.37. The van der Waals surface area contributed by atoms with E-state index in [1.165, 1.54) is 0 Å². The molecule has 0 aliphatic carbocycles. The smallest absolute Gasteiger partial charge is 0.320 e. The number of hydrogen-bond donors (Lipinski definition) is 0. The number of nitriles is 1. The van der Waals surface area contributed by atoms with Crippen LogP contribution in [0.15, 0.2) is 41.4 Å². The third-order valence-corrected chi connectivity index (χ3v) is 6.71. The first-order chi connectivity index (χ1) is 16.7. The average molecular weight is 460 g/mol. The van der Waals surface area contributed by atoms with E-state index in [-0.39, 0.29) is 6.03 Å². The fraction of sp³-hybridized carbons (Fsp3) is 0.423. The minimum absolute atomic E-state index is 0.0971. The quantitative estimate of drug-likeness (QED) is 0.481. The van der Waals surface area contributed by atoms with Crippen molar-refractivity contribution >= 4 is 17.6 Å². The van der Waals surface area contributed by atoms with Crippen LogP contribution in [0.1, 0.15) is 24.5 Å². The second kappa shape index (κ2) is 9.74. The molecule has 3 aliphatic rings. The van der Waals surface area contributed by atoms with E-state index in [0.717, 1.165) is 47.8 Å². The Labute approximate surface area is 200 Å². The average Bonchev–Trinajstić information content (AvgIpc) is 3.15. The molecule has 2 aromatic rings. The van der Waals surface area contributed by atoms with Crippen molar-refractivity contribution in [3.8, 4) is 22.9 Å². The molecule has 176 valence electrons. The molecule has 0 saturated carbocycles. The summed E-state index contributed by atoms with van der Waals surface area (Å²) in [5.41, 5.74) is 4.09. The Morgan fingerprint density at radius 1 is 0.971 bits per heavy atom. The molecule has 0 unspecified atom stereocenters. The first-order valence-electron chi connectivity index (χ1n) is 11.9. The number of amidine groups is 1. The zero-order chi connectivity index (χ0) is 23.5. The van der Waals surface area contributed by atoms with Crippen LogP contribution in [-0.4, -0.2) is 79.0 Å². The zero-order valence-corrected chi connectivity index (χ0v) is 19.5.